The van der Waals surface area contributed by atoms with Crippen molar-refractivity contribution in [3.63, 3.8) is 0 Å². The summed E-state index contributed by atoms with van der Waals surface area (Å²) in [4.78, 5) is 12.6. The Morgan fingerprint density at radius 1 is 1.11 bits per heavy atom. The van der Waals surface area contributed by atoms with Crippen molar-refractivity contribution in [3.05, 3.63) is 62.8 Å². The Kier molecular flexibility index (Phi) is 5.58. The first-order chi connectivity index (χ1) is 12.7. The number of furan rings is 1. The average molecular weight is 448 g/mol. The standard InChI is InChI=1S/C17H13Cl3N2O4S/c1-27(24,25)8-11-10-4-2-3-5-14(10)26-16(11)17(23)22-21-15-12(19)6-9(18)7-13(15)20/h2-7,21H,8H2,1H3,(H,22,23). The van der Waals surface area contributed by atoms with Crippen LogP contribution in [0.1, 0.15) is 16.1 Å². The van der Waals surface area contributed by atoms with Crippen LogP contribution in [0.3, 0.4) is 0 Å². The zero-order valence-electron chi connectivity index (χ0n) is 13.8. The molecule has 0 aliphatic carbocycles. The quantitative estimate of drug-likeness (QED) is 0.554. The molecule has 1 amide bonds. The van der Waals surface area contributed by atoms with Gasteiger partial charge >= 0.3 is 5.91 Å². The normalized spacial score (nSPS) is 11.6. The number of rotatable bonds is 5. The molecule has 0 unspecified atom stereocenters. The van der Waals surface area contributed by atoms with Crippen molar-refractivity contribution in [2.24, 2.45) is 0 Å². The maximum absolute atomic E-state index is 12.6. The monoisotopic (exact) mass is 446 g/mol. The summed E-state index contributed by atoms with van der Waals surface area (Å²) in [5, 5.41) is 1.30. The van der Waals surface area contributed by atoms with Gasteiger partial charge in [0.25, 0.3) is 0 Å². The molecule has 0 saturated carbocycles. The molecule has 10 heteroatoms. The van der Waals surface area contributed by atoms with Crippen molar-refractivity contribution in [2.75, 3.05) is 11.7 Å². The van der Waals surface area contributed by atoms with Gasteiger partial charge in [0.2, 0.25) is 0 Å². The van der Waals surface area contributed by atoms with Crippen LogP contribution in [-0.2, 0) is 15.6 Å². The summed E-state index contributed by atoms with van der Waals surface area (Å²) in [6, 6.07) is 9.72. The number of anilines is 1. The molecule has 3 aromatic rings. The molecular weight excluding hydrogens is 435 g/mol. The maximum atomic E-state index is 12.6. The van der Waals surface area contributed by atoms with E-state index < -0.39 is 15.7 Å². The molecule has 1 aromatic heterocycles. The lowest BCUT2D eigenvalue weighted by atomic mass is 10.1. The highest BCUT2D eigenvalue weighted by Crippen LogP contribution is 2.33. The molecule has 6 nitrogen and oxygen atoms in total. The van der Waals surface area contributed by atoms with Crippen molar-refractivity contribution in [1.82, 2.24) is 5.43 Å². The van der Waals surface area contributed by atoms with E-state index in [2.05, 4.69) is 10.9 Å². The minimum atomic E-state index is -3.40. The fraction of sp³-hybridized carbons (Fsp3) is 0.118. The molecule has 0 radical (unpaired) electrons. The third kappa shape index (κ3) is 4.50. The Balaban J connectivity index is 1.93. The van der Waals surface area contributed by atoms with E-state index in [0.29, 0.717) is 16.0 Å². The molecule has 2 N–H and O–H groups in total. The lowest BCUT2D eigenvalue weighted by molar-refractivity contribution is 0.0936. The number of halogens is 3. The third-order valence-corrected chi connectivity index (χ3v) is 5.25. The smallest absolute Gasteiger partial charge is 0.305 e. The zero-order chi connectivity index (χ0) is 19.8. The second-order valence-electron chi connectivity index (χ2n) is 5.80. The SMILES string of the molecule is CS(=O)(=O)Cc1c(C(=O)NNc2c(Cl)cc(Cl)cc2Cl)oc2ccccc12. The number of carbonyl (C=O) groups is 1. The van der Waals surface area contributed by atoms with E-state index in [1.807, 2.05) is 0 Å². The zero-order valence-corrected chi connectivity index (χ0v) is 16.9. The number of hydrazine groups is 1. The molecule has 0 saturated heterocycles. The van der Waals surface area contributed by atoms with Crippen molar-refractivity contribution >= 4 is 67.2 Å². The number of hydrogen-bond donors (Lipinski definition) is 2. The third-order valence-electron chi connectivity index (χ3n) is 3.62. The van der Waals surface area contributed by atoms with Crippen LogP contribution in [0.5, 0.6) is 0 Å². The van der Waals surface area contributed by atoms with Crippen LogP contribution in [0.25, 0.3) is 11.0 Å². The summed E-state index contributed by atoms with van der Waals surface area (Å²) in [6.45, 7) is 0. The number of benzene rings is 2. The highest BCUT2D eigenvalue weighted by atomic mass is 35.5. The largest absolute Gasteiger partial charge is 0.451 e. The number of amides is 1. The van der Waals surface area contributed by atoms with E-state index in [0.717, 1.165) is 6.26 Å². The van der Waals surface area contributed by atoms with Gasteiger partial charge in [-0.25, -0.2) is 8.42 Å². The van der Waals surface area contributed by atoms with Crippen molar-refractivity contribution in [1.29, 1.82) is 0 Å². The number of sulfone groups is 1. The molecular formula is C17H13Cl3N2O4S. The van der Waals surface area contributed by atoms with Crippen LogP contribution in [0.15, 0.2) is 40.8 Å². The summed E-state index contributed by atoms with van der Waals surface area (Å²) in [5.41, 5.74) is 5.96. The predicted octanol–water partition coefficient (Wildman–Crippen LogP) is 4.69. The first-order valence-electron chi connectivity index (χ1n) is 7.55. The topological polar surface area (TPSA) is 88.4 Å². The van der Waals surface area contributed by atoms with E-state index in [-0.39, 0.29) is 32.8 Å². The van der Waals surface area contributed by atoms with Gasteiger partial charge in [0, 0.05) is 22.2 Å². The number of nitrogens with one attached hydrogen (secondary N) is 2. The van der Waals surface area contributed by atoms with Gasteiger partial charge in [0.05, 0.1) is 21.5 Å². The summed E-state index contributed by atoms with van der Waals surface area (Å²) in [7, 11) is -3.40. The molecule has 0 aliphatic heterocycles. The summed E-state index contributed by atoms with van der Waals surface area (Å²) < 4.78 is 29.1. The number of para-hydroxylation sites is 1. The Labute approximate surface area is 170 Å². The lowest BCUT2D eigenvalue weighted by Gasteiger charge is -2.12. The molecule has 142 valence electrons. The van der Waals surface area contributed by atoms with Gasteiger partial charge < -0.3 is 4.42 Å². The molecule has 0 spiro atoms. The van der Waals surface area contributed by atoms with Gasteiger partial charge in [-0.3, -0.25) is 15.6 Å². The fourth-order valence-electron chi connectivity index (χ4n) is 2.53. The molecule has 3 rings (SSSR count). The summed E-state index contributed by atoms with van der Waals surface area (Å²) in [5.74, 6) is -1.13. The van der Waals surface area contributed by atoms with E-state index >= 15 is 0 Å². The van der Waals surface area contributed by atoms with Crippen LogP contribution in [0.2, 0.25) is 15.1 Å². The Morgan fingerprint density at radius 3 is 2.37 bits per heavy atom. The van der Waals surface area contributed by atoms with Gasteiger partial charge in [-0.05, 0) is 18.2 Å². The highest BCUT2D eigenvalue weighted by Gasteiger charge is 2.23. The molecule has 0 aliphatic rings. The Hall–Kier alpha value is -1.93. The van der Waals surface area contributed by atoms with Crippen LogP contribution >= 0.6 is 34.8 Å². The molecule has 0 bridgehead atoms. The van der Waals surface area contributed by atoms with Gasteiger partial charge in [-0.1, -0.05) is 53.0 Å². The number of fused-ring (bicyclic) bond motifs is 1. The number of hydrogen-bond acceptors (Lipinski definition) is 5. The molecule has 1 heterocycles. The Morgan fingerprint density at radius 2 is 1.74 bits per heavy atom. The van der Waals surface area contributed by atoms with Crippen LogP contribution in [0.4, 0.5) is 5.69 Å². The first-order valence-corrected chi connectivity index (χ1v) is 10.7. The average Bonchev–Trinajstić information content (AvgIpc) is 2.91. The maximum Gasteiger partial charge on any atom is 0.305 e. The second kappa shape index (κ2) is 7.59. The van der Waals surface area contributed by atoms with Gasteiger partial charge in [-0.2, -0.15) is 0 Å². The Bertz CT molecular complexity index is 1120. The van der Waals surface area contributed by atoms with E-state index in [4.69, 9.17) is 39.2 Å². The molecule has 2 aromatic carbocycles. The lowest BCUT2D eigenvalue weighted by Crippen LogP contribution is -2.30. The van der Waals surface area contributed by atoms with Gasteiger partial charge in [0.1, 0.15) is 5.58 Å². The van der Waals surface area contributed by atoms with Crippen molar-refractivity contribution in [2.45, 2.75) is 5.75 Å². The van der Waals surface area contributed by atoms with Gasteiger partial charge in [0.15, 0.2) is 15.6 Å². The van der Waals surface area contributed by atoms with Crippen molar-refractivity contribution in [3.8, 4) is 0 Å². The minimum Gasteiger partial charge on any atom is -0.451 e. The molecule has 27 heavy (non-hydrogen) atoms. The number of carbonyl (C=O) groups excluding carboxylic acids is 1. The predicted molar refractivity (Wildman–Crippen MR) is 107 cm³/mol. The van der Waals surface area contributed by atoms with Crippen molar-refractivity contribution < 1.29 is 17.6 Å². The molecule has 0 atom stereocenters. The second-order valence-corrected chi connectivity index (χ2v) is 9.19. The van der Waals surface area contributed by atoms with Crippen LogP contribution < -0.4 is 10.9 Å². The van der Waals surface area contributed by atoms with E-state index in [1.54, 1.807) is 24.3 Å². The van der Waals surface area contributed by atoms with E-state index in [1.165, 1.54) is 12.1 Å². The summed E-state index contributed by atoms with van der Waals surface area (Å²) in [6.07, 6.45) is 1.09. The fourth-order valence-corrected chi connectivity index (χ4v) is 4.25. The molecule has 0 fully saturated rings. The summed E-state index contributed by atoms with van der Waals surface area (Å²) >= 11 is 18.0. The van der Waals surface area contributed by atoms with Gasteiger partial charge in [-0.15, -0.1) is 0 Å². The highest BCUT2D eigenvalue weighted by molar-refractivity contribution is 7.89. The van der Waals surface area contributed by atoms with Crippen LogP contribution in [-0.4, -0.2) is 20.6 Å². The van der Waals surface area contributed by atoms with Crippen LogP contribution in [0, 0.1) is 0 Å². The minimum absolute atomic E-state index is 0.115. The van der Waals surface area contributed by atoms with E-state index in [9.17, 15) is 13.2 Å². The first kappa shape index (κ1) is 19.8.